The first-order valence-electron chi connectivity index (χ1n) is 10.8. The fraction of sp³-hybridized carbons (Fsp3) is 0.0769. The van der Waals surface area contributed by atoms with Crippen molar-refractivity contribution in [1.82, 2.24) is 9.97 Å². The minimum Gasteiger partial charge on any atom is -0.452 e. The monoisotopic (exact) mass is 541 g/mol. The largest absolute Gasteiger partial charge is 0.452 e. The number of benzene rings is 3. The number of esters is 1. The summed E-state index contributed by atoms with van der Waals surface area (Å²) in [4.78, 5) is 34.0. The molecule has 0 radical (unpaired) electrons. The van der Waals surface area contributed by atoms with Crippen LogP contribution in [-0.4, -0.2) is 28.5 Å². The Morgan fingerprint density at radius 2 is 1.81 bits per heavy atom. The third-order valence-electron chi connectivity index (χ3n) is 5.54. The van der Waals surface area contributed by atoms with E-state index in [1.54, 1.807) is 49.4 Å². The number of hydrogen-bond donors (Lipinski definition) is 1. The van der Waals surface area contributed by atoms with E-state index in [0.29, 0.717) is 32.7 Å². The van der Waals surface area contributed by atoms with Gasteiger partial charge in [-0.25, -0.2) is 27.9 Å². The van der Waals surface area contributed by atoms with Crippen molar-refractivity contribution in [3.63, 3.8) is 0 Å². The predicted octanol–water partition coefficient (Wildman–Crippen LogP) is 6.69. The van der Waals surface area contributed by atoms with Gasteiger partial charge in [-0.05, 0) is 36.8 Å². The Labute approximate surface area is 216 Å². The summed E-state index contributed by atoms with van der Waals surface area (Å²) in [5.74, 6) is -5.98. The second kappa shape index (κ2) is 9.79. The maximum atomic E-state index is 13.9. The topological polar surface area (TPSA) is 81.2 Å². The molecule has 0 bridgehead atoms. The van der Waals surface area contributed by atoms with Gasteiger partial charge in [0.2, 0.25) is 0 Å². The molecule has 0 aliphatic carbocycles. The molecule has 0 aliphatic rings. The lowest BCUT2D eigenvalue weighted by Gasteiger charge is -2.14. The maximum Gasteiger partial charge on any atom is 0.339 e. The van der Waals surface area contributed by atoms with Crippen LogP contribution in [0.4, 0.5) is 18.3 Å². The first-order chi connectivity index (χ1) is 17.7. The quantitative estimate of drug-likeness (QED) is 0.198. The maximum absolute atomic E-state index is 13.9. The van der Waals surface area contributed by atoms with E-state index in [2.05, 4.69) is 15.3 Å². The van der Waals surface area contributed by atoms with Crippen molar-refractivity contribution in [3.8, 4) is 11.3 Å². The molecule has 11 heteroatoms. The Hall–Kier alpha value is -4.02. The van der Waals surface area contributed by atoms with Gasteiger partial charge in [0.1, 0.15) is 5.52 Å². The van der Waals surface area contributed by atoms with Crippen LogP contribution in [0.15, 0.2) is 54.6 Å². The van der Waals surface area contributed by atoms with E-state index in [4.69, 9.17) is 16.3 Å². The Morgan fingerprint density at radius 1 is 1.03 bits per heavy atom. The Bertz CT molecular complexity index is 1720. The van der Waals surface area contributed by atoms with Gasteiger partial charge in [0.25, 0.3) is 5.91 Å². The number of fused-ring (bicyclic) bond motifs is 2. The van der Waals surface area contributed by atoms with Gasteiger partial charge in [-0.1, -0.05) is 53.3 Å². The number of thiazole rings is 1. The van der Waals surface area contributed by atoms with Crippen molar-refractivity contribution in [2.45, 2.75) is 6.92 Å². The number of nitrogens with one attached hydrogen (secondary N) is 1. The SMILES string of the molecule is Cc1c(-c2cccc(Cl)c2)nc2ccccc2c1C(=O)OCC(=O)Nc1nc2c(F)c(F)c(F)cc2s1. The van der Waals surface area contributed by atoms with E-state index in [9.17, 15) is 22.8 Å². The van der Waals surface area contributed by atoms with Crippen molar-refractivity contribution in [3.05, 3.63) is 88.2 Å². The number of carbonyl (C=O) groups is 2. The van der Waals surface area contributed by atoms with E-state index >= 15 is 0 Å². The molecule has 6 nitrogen and oxygen atoms in total. The smallest absolute Gasteiger partial charge is 0.339 e. The number of carbonyl (C=O) groups excluding carboxylic acids is 2. The zero-order valence-corrected chi connectivity index (χ0v) is 20.5. The molecular weight excluding hydrogens is 527 g/mol. The van der Waals surface area contributed by atoms with Gasteiger partial charge in [0.15, 0.2) is 29.2 Å². The van der Waals surface area contributed by atoms with E-state index < -0.39 is 41.5 Å². The van der Waals surface area contributed by atoms with Crippen molar-refractivity contribution < 1.29 is 27.5 Å². The molecule has 2 aromatic heterocycles. The van der Waals surface area contributed by atoms with Crippen LogP contribution in [0.3, 0.4) is 0 Å². The summed E-state index contributed by atoms with van der Waals surface area (Å²) < 4.78 is 46.1. The number of hydrogen-bond acceptors (Lipinski definition) is 6. The number of pyridine rings is 1. The van der Waals surface area contributed by atoms with Crippen molar-refractivity contribution >= 4 is 61.1 Å². The van der Waals surface area contributed by atoms with Crippen LogP contribution in [0.25, 0.3) is 32.4 Å². The van der Waals surface area contributed by atoms with Crippen LogP contribution in [0.5, 0.6) is 0 Å². The van der Waals surface area contributed by atoms with Gasteiger partial charge in [-0.3, -0.25) is 10.1 Å². The lowest BCUT2D eigenvalue weighted by molar-refractivity contribution is -0.119. The number of aromatic nitrogens is 2. The molecule has 5 rings (SSSR count). The van der Waals surface area contributed by atoms with E-state index in [0.717, 1.165) is 17.4 Å². The molecule has 0 saturated carbocycles. The van der Waals surface area contributed by atoms with Crippen molar-refractivity contribution in [2.75, 3.05) is 11.9 Å². The molecule has 2 heterocycles. The standard InChI is InChI=1S/C26H15ClF3N3O3S/c1-12-20(15-7-2-3-8-17(15)31-23(12)13-5-4-6-14(27)9-13)25(35)36-11-19(34)32-26-33-24-18(37-26)10-16(28)21(29)22(24)30/h2-10H,11H2,1H3,(H,32,33,34). The lowest BCUT2D eigenvalue weighted by atomic mass is 9.98. The molecule has 186 valence electrons. The molecule has 1 N–H and O–H groups in total. The first-order valence-corrected chi connectivity index (χ1v) is 12.0. The molecule has 0 saturated heterocycles. The van der Waals surface area contributed by atoms with Crippen LogP contribution in [0.1, 0.15) is 15.9 Å². The molecule has 3 aromatic carbocycles. The molecule has 0 spiro atoms. The second-order valence-corrected chi connectivity index (χ2v) is 9.43. The summed E-state index contributed by atoms with van der Waals surface area (Å²) in [6.45, 7) is 1.04. The molecule has 1 amide bonds. The third-order valence-corrected chi connectivity index (χ3v) is 6.69. The summed E-state index contributed by atoms with van der Waals surface area (Å²) in [6, 6.07) is 14.8. The Balaban J connectivity index is 1.39. The highest BCUT2D eigenvalue weighted by Gasteiger charge is 2.22. The van der Waals surface area contributed by atoms with E-state index in [-0.39, 0.29) is 15.4 Å². The number of para-hydroxylation sites is 1. The highest BCUT2D eigenvalue weighted by Crippen LogP contribution is 2.32. The lowest BCUT2D eigenvalue weighted by Crippen LogP contribution is -2.21. The zero-order chi connectivity index (χ0) is 26.3. The van der Waals surface area contributed by atoms with Crippen molar-refractivity contribution in [1.29, 1.82) is 0 Å². The van der Waals surface area contributed by atoms with Crippen molar-refractivity contribution in [2.24, 2.45) is 0 Å². The second-order valence-electron chi connectivity index (χ2n) is 7.96. The fourth-order valence-corrected chi connectivity index (χ4v) is 4.97. The van der Waals surface area contributed by atoms with Gasteiger partial charge >= 0.3 is 5.97 Å². The number of rotatable bonds is 5. The van der Waals surface area contributed by atoms with Crippen LogP contribution < -0.4 is 5.32 Å². The Morgan fingerprint density at radius 3 is 2.59 bits per heavy atom. The molecule has 0 unspecified atom stereocenters. The predicted molar refractivity (Wildman–Crippen MR) is 135 cm³/mol. The van der Waals surface area contributed by atoms with Gasteiger partial charge < -0.3 is 4.74 Å². The van der Waals surface area contributed by atoms with Crippen LogP contribution in [0.2, 0.25) is 5.02 Å². The minimum atomic E-state index is -1.65. The zero-order valence-electron chi connectivity index (χ0n) is 18.9. The summed E-state index contributed by atoms with van der Waals surface area (Å²) in [5.41, 5.74) is 2.16. The van der Waals surface area contributed by atoms with Gasteiger partial charge in [-0.2, -0.15) is 0 Å². The molecule has 0 fully saturated rings. The third kappa shape index (κ3) is 4.73. The average molecular weight is 542 g/mol. The van der Waals surface area contributed by atoms with Gasteiger partial charge in [0.05, 0.1) is 21.5 Å². The number of halogens is 4. The number of anilines is 1. The molecule has 37 heavy (non-hydrogen) atoms. The molecule has 5 aromatic rings. The summed E-state index contributed by atoms with van der Waals surface area (Å²) in [5, 5.41) is 3.30. The summed E-state index contributed by atoms with van der Waals surface area (Å²) in [6.07, 6.45) is 0. The van der Waals surface area contributed by atoms with Gasteiger partial charge in [0, 0.05) is 16.0 Å². The van der Waals surface area contributed by atoms with Crippen LogP contribution >= 0.6 is 22.9 Å². The number of ether oxygens (including phenoxy) is 1. The van der Waals surface area contributed by atoms with E-state index in [1.807, 2.05) is 6.07 Å². The molecule has 0 atom stereocenters. The van der Waals surface area contributed by atoms with Crippen LogP contribution in [-0.2, 0) is 9.53 Å². The number of nitrogens with zero attached hydrogens (tertiary/aromatic N) is 2. The van der Waals surface area contributed by atoms with Crippen LogP contribution in [0, 0.1) is 24.4 Å². The average Bonchev–Trinajstić information content (AvgIpc) is 3.27. The number of amides is 1. The molecular formula is C26H15ClF3N3O3S. The molecule has 0 aliphatic heterocycles. The summed E-state index contributed by atoms with van der Waals surface area (Å²) in [7, 11) is 0. The highest BCUT2D eigenvalue weighted by atomic mass is 35.5. The summed E-state index contributed by atoms with van der Waals surface area (Å²) >= 11 is 6.89. The minimum absolute atomic E-state index is 0.0103. The first kappa shape index (κ1) is 24.7. The fourth-order valence-electron chi connectivity index (χ4n) is 3.87. The normalized spacial score (nSPS) is 11.2. The van der Waals surface area contributed by atoms with E-state index in [1.165, 1.54) is 0 Å². The van der Waals surface area contributed by atoms with Gasteiger partial charge in [-0.15, -0.1) is 0 Å². The Kier molecular flexibility index (Phi) is 6.53. The highest BCUT2D eigenvalue weighted by molar-refractivity contribution is 7.22.